The van der Waals surface area contributed by atoms with E-state index in [4.69, 9.17) is 0 Å². The van der Waals surface area contributed by atoms with Crippen LogP contribution in [0.15, 0.2) is 12.3 Å². The summed E-state index contributed by atoms with van der Waals surface area (Å²) in [5, 5.41) is 2.60. The maximum absolute atomic E-state index is 10.3. The Morgan fingerprint density at radius 3 is 2.67 bits per heavy atom. The van der Waals surface area contributed by atoms with Gasteiger partial charge >= 0.3 is 5.97 Å². The molecule has 0 bridgehead atoms. The molecule has 0 atom stereocenters. The summed E-state index contributed by atoms with van der Waals surface area (Å²) < 4.78 is 4.30. The van der Waals surface area contributed by atoms with Gasteiger partial charge in [-0.25, -0.2) is 4.79 Å². The number of rotatable bonds is 3. The molecule has 3 nitrogen and oxygen atoms in total. The Morgan fingerprint density at radius 1 is 1.78 bits per heavy atom. The average molecular weight is 128 g/mol. The van der Waals surface area contributed by atoms with Crippen LogP contribution in [-0.4, -0.2) is 13.1 Å². The van der Waals surface area contributed by atoms with E-state index in [1.54, 1.807) is 6.92 Å². The lowest BCUT2D eigenvalue weighted by atomic mass is 10.5. The summed E-state index contributed by atoms with van der Waals surface area (Å²) in [5.41, 5.74) is 0.709. The molecular formula is C6H10NO2. The summed E-state index contributed by atoms with van der Waals surface area (Å²) in [6.07, 6.45) is 0. The van der Waals surface area contributed by atoms with Gasteiger partial charge in [0, 0.05) is 5.70 Å². The monoisotopic (exact) mass is 128 g/mol. The topological polar surface area (TPSA) is 38.3 Å². The van der Waals surface area contributed by atoms with Crippen molar-refractivity contribution in [3.05, 3.63) is 18.8 Å². The highest BCUT2D eigenvalue weighted by Crippen LogP contribution is 1.82. The van der Waals surface area contributed by atoms with Crippen molar-refractivity contribution in [1.82, 2.24) is 5.32 Å². The van der Waals surface area contributed by atoms with E-state index >= 15 is 0 Å². The molecule has 0 amide bonds. The van der Waals surface area contributed by atoms with E-state index in [0.717, 1.165) is 0 Å². The van der Waals surface area contributed by atoms with Crippen LogP contribution in [0, 0.1) is 6.54 Å². The van der Waals surface area contributed by atoms with E-state index in [1.807, 2.05) is 0 Å². The van der Waals surface area contributed by atoms with Crippen LogP contribution in [-0.2, 0) is 9.53 Å². The molecule has 1 N–H and O–H groups in total. The molecule has 9 heavy (non-hydrogen) atoms. The van der Waals surface area contributed by atoms with Crippen molar-refractivity contribution in [2.45, 2.75) is 6.92 Å². The van der Waals surface area contributed by atoms with Crippen LogP contribution in [0.4, 0.5) is 0 Å². The van der Waals surface area contributed by atoms with Gasteiger partial charge in [-0.05, 0) is 6.92 Å². The van der Waals surface area contributed by atoms with Gasteiger partial charge in [-0.2, -0.15) is 0 Å². The number of hydrogen-bond acceptors (Lipinski definition) is 3. The van der Waals surface area contributed by atoms with Crippen LogP contribution >= 0.6 is 0 Å². The van der Waals surface area contributed by atoms with Gasteiger partial charge in [0.2, 0.25) is 0 Å². The van der Waals surface area contributed by atoms with Crippen molar-refractivity contribution in [2.24, 2.45) is 0 Å². The molecule has 0 aliphatic rings. The first-order valence-electron chi connectivity index (χ1n) is 2.50. The number of esters is 1. The molecule has 0 aromatic carbocycles. The number of ether oxygens (including phenoxy) is 1. The van der Waals surface area contributed by atoms with Crippen molar-refractivity contribution in [1.29, 1.82) is 0 Å². The Hall–Kier alpha value is -0.990. The lowest BCUT2D eigenvalue weighted by Crippen LogP contribution is -2.15. The molecule has 0 aliphatic heterocycles. The first-order valence-corrected chi connectivity index (χ1v) is 2.50. The van der Waals surface area contributed by atoms with E-state index in [0.29, 0.717) is 5.70 Å². The molecular weight excluding hydrogens is 118 g/mol. The Balaban J connectivity index is 3.28. The van der Waals surface area contributed by atoms with E-state index in [-0.39, 0.29) is 0 Å². The van der Waals surface area contributed by atoms with Crippen LogP contribution in [0.2, 0.25) is 0 Å². The number of nitrogens with one attached hydrogen (secondary N) is 1. The predicted molar refractivity (Wildman–Crippen MR) is 34.3 cm³/mol. The Morgan fingerprint density at radius 2 is 2.33 bits per heavy atom. The molecule has 0 fully saturated rings. The Labute approximate surface area is 54.7 Å². The molecule has 0 saturated heterocycles. The molecule has 0 rings (SSSR count). The molecule has 51 valence electrons. The summed E-state index contributed by atoms with van der Waals surface area (Å²) in [7, 11) is 1.32. The SMILES string of the molecule is C=C(C)N[CH]C(=O)OC. The first-order chi connectivity index (χ1) is 4.16. The summed E-state index contributed by atoms with van der Waals surface area (Å²) in [5.74, 6) is -0.405. The smallest absolute Gasteiger partial charge is 0.331 e. The van der Waals surface area contributed by atoms with Crippen LogP contribution in [0.5, 0.6) is 0 Å². The fraction of sp³-hybridized carbons (Fsp3) is 0.333. The minimum Gasteiger partial charge on any atom is -0.467 e. The molecule has 0 heterocycles. The molecule has 0 saturated carbocycles. The van der Waals surface area contributed by atoms with E-state index in [1.165, 1.54) is 13.7 Å². The minimum absolute atomic E-state index is 0.405. The molecule has 0 aliphatic carbocycles. The zero-order chi connectivity index (χ0) is 7.28. The highest BCUT2D eigenvalue weighted by molar-refractivity contribution is 5.78. The second kappa shape index (κ2) is 3.95. The molecule has 0 spiro atoms. The lowest BCUT2D eigenvalue weighted by molar-refractivity contribution is -0.136. The molecule has 0 aromatic heterocycles. The fourth-order valence-electron chi connectivity index (χ4n) is 0.241. The number of hydrogen-bond donors (Lipinski definition) is 1. The number of carbonyl (C=O) groups is 1. The summed E-state index contributed by atoms with van der Waals surface area (Å²) in [6.45, 7) is 6.47. The third-order valence-electron chi connectivity index (χ3n) is 0.638. The first kappa shape index (κ1) is 8.01. The molecule has 3 heteroatoms. The zero-order valence-electron chi connectivity index (χ0n) is 5.60. The molecule has 0 unspecified atom stereocenters. The van der Waals surface area contributed by atoms with Gasteiger partial charge in [0.05, 0.1) is 7.11 Å². The predicted octanol–water partition coefficient (Wildman–Crippen LogP) is 0.444. The summed E-state index contributed by atoms with van der Waals surface area (Å²) in [6, 6.07) is 0. The van der Waals surface area contributed by atoms with E-state index in [9.17, 15) is 4.79 Å². The van der Waals surface area contributed by atoms with Gasteiger partial charge in [-0.3, -0.25) is 0 Å². The van der Waals surface area contributed by atoms with Crippen LogP contribution in [0.25, 0.3) is 0 Å². The summed E-state index contributed by atoms with van der Waals surface area (Å²) >= 11 is 0. The third kappa shape index (κ3) is 4.87. The Bertz CT molecular complexity index is 120. The molecule has 0 aromatic rings. The lowest BCUT2D eigenvalue weighted by Gasteiger charge is -2.00. The maximum atomic E-state index is 10.3. The Kier molecular flexibility index (Phi) is 3.51. The van der Waals surface area contributed by atoms with Crippen molar-refractivity contribution in [3.63, 3.8) is 0 Å². The second-order valence-electron chi connectivity index (χ2n) is 1.59. The second-order valence-corrected chi connectivity index (χ2v) is 1.59. The standard InChI is InChI=1S/C6H10NO2/c1-5(2)7-4-6(8)9-3/h4,7H,1H2,2-3H3. The van der Waals surface area contributed by atoms with Gasteiger partial charge in [0.25, 0.3) is 0 Å². The van der Waals surface area contributed by atoms with Crippen LogP contribution in [0.3, 0.4) is 0 Å². The zero-order valence-corrected chi connectivity index (χ0v) is 5.60. The minimum atomic E-state index is -0.405. The van der Waals surface area contributed by atoms with Gasteiger partial charge in [-0.15, -0.1) is 0 Å². The largest absolute Gasteiger partial charge is 0.467 e. The van der Waals surface area contributed by atoms with Gasteiger partial charge in [0.1, 0.15) is 0 Å². The van der Waals surface area contributed by atoms with Crippen molar-refractivity contribution in [3.8, 4) is 0 Å². The van der Waals surface area contributed by atoms with Crippen molar-refractivity contribution < 1.29 is 9.53 Å². The normalized spacial score (nSPS) is 8.22. The number of methoxy groups -OCH3 is 1. The van der Waals surface area contributed by atoms with Gasteiger partial charge in [0.15, 0.2) is 6.54 Å². The van der Waals surface area contributed by atoms with Crippen molar-refractivity contribution >= 4 is 5.97 Å². The maximum Gasteiger partial charge on any atom is 0.331 e. The van der Waals surface area contributed by atoms with Gasteiger partial charge in [-0.1, -0.05) is 6.58 Å². The molecule has 1 radical (unpaired) electrons. The van der Waals surface area contributed by atoms with Crippen LogP contribution in [0.1, 0.15) is 6.92 Å². The number of allylic oxidation sites excluding steroid dienone is 1. The summed E-state index contributed by atoms with van der Waals surface area (Å²) in [4.78, 5) is 10.3. The van der Waals surface area contributed by atoms with E-state index in [2.05, 4.69) is 16.6 Å². The average Bonchev–Trinajstić information content (AvgIpc) is 1.83. The quantitative estimate of drug-likeness (QED) is 0.560. The highest BCUT2D eigenvalue weighted by Gasteiger charge is 1.96. The van der Waals surface area contributed by atoms with Gasteiger partial charge < -0.3 is 10.1 Å². The third-order valence-corrected chi connectivity index (χ3v) is 0.638. The van der Waals surface area contributed by atoms with Crippen LogP contribution < -0.4 is 5.32 Å². The fourth-order valence-corrected chi connectivity index (χ4v) is 0.241. The highest BCUT2D eigenvalue weighted by atomic mass is 16.5. The van der Waals surface area contributed by atoms with Crippen molar-refractivity contribution in [2.75, 3.05) is 7.11 Å². The number of carbonyl (C=O) groups excluding carboxylic acids is 1. The van der Waals surface area contributed by atoms with E-state index < -0.39 is 5.97 Å².